The van der Waals surface area contributed by atoms with E-state index in [-0.39, 0.29) is 19.0 Å². The number of hydrogen-bond donors (Lipinski definition) is 0. The Morgan fingerprint density at radius 1 is 0.895 bits per heavy atom. The molecule has 0 bridgehead atoms. The lowest BCUT2D eigenvalue weighted by molar-refractivity contribution is -0.301. The number of hydrogen-bond acceptors (Lipinski definition) is 4. The molecular formula is C13H13N2O4-. The predicted molar refractivity (Wildman–Crippen MR) is 63.9 cm³/mol. The molecule has 6 heteroatoms. The first kappa shape index (κ1) is 13.1. The molecule has 0 spiro atoms. The van der Waals surface area contributed by atoms with E-state index in [9.17, 15) is 19.5 Å². The van der Waals surface area contributed by atoms with Crippen molar-refractivity contribution in [2.75, 3.05) is 26.2 Å². The van der Waals surface area contributed by atoms with E-state index in [0.29, 0.717) is 18.7 Å². The SMILES string of the molecule is O=C([O-])C(=O)N1CCN(C(=O)c2ccccc2)CC1. The zero-order chi connectivity index (χ0) is 13.8. The monoisotopic (exact) mass is 261 g/mol. The number of piperazine rings is 1. The number of carboxylic acid groups (broad SMARTS) is 1. The molecule has 1 saturated heterocycles. The third-order valence-corrected chi connectivity index (χ3v) is 3.05. The summed E-state index contributed by atoms with van der Waals surface area (Å²) < 4.78 is 0. The minimum atomic E-state index is -1.71. The summed E-state index contributed by atoms with van der Waals surface area (Å²) in [6.45, 7) is 1.08. The summed E-state index contributed by atoms with van der Waals surface area (Å²) in [5, 5.41) is 10.5. The van der Waals surface area contributed by atoms with E-state index in [4.69, 9.17) is 0 Å². The fourth-order valence-electron chi connectivity index (χ4n) is 2.01. The molecule has 0 saturated carbocycles. The van der Waals surface area contributed by atoms with Gasteiger partial charge in [-0.1, -0.05) is 18.2 Å². The largest absolute Gasteiger partial charge is 0.540 e. The van der Waals surface area contributed by atoms with Crippen molar-refractivity contribution in [2.24, 2.45) is 0 Å². The lowest BCUT2D eigenvalue weighted by atomic mass is 10.2. The highest BCUT2D eigenvalue weighted by atomic mass is 16.4. The van der Waals surface area contributed by atoms with Gasteiger partial charge in [0, 0.05) is 31.7 Å². The Labute approximate surface area is 110 Å². The zero-order valence-corrected chi connectivity index (χ0v) is 10.2. The molecule has 19 heavy (non-hydrogen) atoms. The molecule has 2 amide bonds. The van der Waals surface area contributed by atoms with Crippen LogP contribution in [-0.4, -0.2) is 53.8 Å². The molecule has 0 aromatic heterocycles. The van der Waals surface area contributed by atoms with E-state index in [0.717, 1.165) is 0 Å². The molecular weight excluding hydrogens is 248 g/mol. The molecule has 0 N–H and O–H groups in total. The molecule has 0 atom stereocenters. The van der Waals surface area contributed by atoms with E-state index in [1.165, 1.54) is 4.90 Å². The molecule has 100 valence electrons. The number of nitrogens with zero attached hydrogens (tertiary/aromatic N) is 2. The van der Waals surface area contributed by atoms with E-state index in [2.05, 4.69) is 0 Å². The van der Waals surface area contributed by atoms with E-state index < -0.39 is 11.9 Å². The van der Waals surface area contributed by atoms with Gasteiger partial charge in [-0.25, -0.2) is 0 Å². The van der Waals surface area contributed by atoms with Crippen LogP contribution in [0.4, 0.5) is 0 Å². The van der Waals surface area contributed by atoms with E-state index in [1.807, 2.05) is 6.07 Å². The normalized spacial score (nSPS) is 15.2. The summed E-state index contributed by atoms with van der Waals surface area (Å²) >= 11 is 0. The lowest BCUT2D eigenvalue weighted by Gasteiger charge is -2.34. The third-order valence-electron chi connectivity index (χ3n) is 3.05. The Balaban J connectivity index is 1.95. The smallest absolute Gasteiger partial charge is 0.269 e. The Morgan fingerprint density at radius 2 is 1.42 bits per heavy atom. The second kappa shape index (κ2) is 5.51. The van der Waals surface area contributed by atoms with Crippen molar-refractivity contribution in [1.29, 1.82) is 0 Å². The number of amides is 2. The Hall–Kier alpha value is -2.37. The van der Waals surface area contributed by atoms with Crippen LogP contribution in [-0.2, 0) is 9.59 Å². The van der Waals surface area contributed by atoms with Gasteiger partial charge in [0.15, 0.2) is 0 Å². The van der Waals surface area contributed by atoms with Crippen LogP contribution in [0.1, 0.15) is 10.4 Å². The predicted octanol–water partition coefficient (Wildman–Crippen LogP) is -1.28. The van der Waals surface area contributed by atoms with Gasteiger partial charge >= 0.3 is 0 Å². The molecule has 1 heterocycles. The fourth-order valence-corrected chi connectivity index (χ4v) is 2.01. The van der Waals surface area contributed by atoms with Gasteiger partial charge in [0.25, 0.3) is 11.8 Å². The molecule has 1 aliphatic heterocycles. The summed E-state index contributed by atoms with van der Waals surface area (Å²) in [7, 11) is 0. The maximum atomic E-state index is 12.1. The van der Waals surface area contributed by atoms with Crippen LogP contribution in [0.5, 0.6) is 0 Å². The average molecular weight is 261 g/mol. The molecule has 1 aromatic rings. The number of rotatable bonds is 1. The summed E-state index contributed by atoms with van der Waals surface area (Å²) in [5.74, 6) is -2.84. The second-order valence-electron chi connectivity index (χ2n) is 4.24. The van der Waals surface area contributed by atoms with Gasteiger partial charge in [-0.2, -0.15) is 0 Å². The first-order chi connectivity index (χ1) is 9.09. The van der Waals surface area contributed by atoms with E-state index in [1.54, 1.807) is 29.2 Å². The molecule has 1 fully saturated rings. The van der Waals surface area contributed by atoms with Gasteiger partial charge in [0.2, 0.25) is 0 Å². The summed E-state index contributed by atoms with van der Waals surface area (Å²) in [4.78, 5) is 36.6. The average Bonchev–Trinajstić information content (AvgIpc) is 2.46. The van der Waals surface area contributed by atoms with Crippen molar-refractivity contribution in [2.45, 2.75) is 0 Å². The van der Waals surface area contributed by atoms with Gasteiger partial charge in [0.05, 0.1) is 0 Å². The lowest BCUT2D eigenvalue weighted by Crippen LogP contribution is -2.54. The Morgan fingerprint density at radius 3 is 1.95 bits per heavy atom. The maximum absolute atomic E-state index is 12.1. The molecule has 0 aliphatic carbocycles. The second-order valence-corrected chi connectivity index (χ2v) is 4.24. The van der Waals surface area contributed by atoms with Crippen LogP contribution >= 0.6 is 0 Å². The summed E-state index contributed by atoms with van der Waals surface area (Å²) in [6.07, 6.45) is 0. The fraction of sp³-hybridized carbons (Fsp3) is 0.308. The van der Waals surface area contributed by atoms with E-state index >= 15 is 0 Å². The summed E-state index contributed by atoms with van der Waals surface area (Å²) in [6, 6.07) is 8.83. The first-order valence-electron chi connectivity index (χ1n) is 5.94. The quantitative estimate of drug-likeness (QED) is 0.590. The van der Waals surface area contributed by atoms with Crippen molar-refractivity contribution in [3.05, 3.63) is 35.9 Å². The number of carbonyl (C=O) groups is 3. The molecule has 6 nitrogen and oxygen atoms in total. The molecule has 2 rings (SSSR count). The molecule has 1 aromatic carbocycles. The van der Waals surface area contributed by atoms with Crippen molar-refractivity contribution < 1.29 is 19.5 Å². The van der Waals surface area contributed by atoms with Crippen LogP contribution in [0.2, 0.25) is 0 Å². The topological polar surface area (TPSA) is 80.8 Å². The minimum absolute atomic E-state index is 0.110. The minimum Gasteiger partial charge on any atom is -0.540 e. The Bertz CT molecular complexity index is 493. The van der Waals surface area contributed by atoms with Crippen LogP contribution in [0.15, 0.2) is 30.3 Å². The zero-order valence-electron chi connectivity index (χ0n) is 10.2. The van der Waals surface area contributed by atoms with Gasteiger partial charge in [0.1, 0.15) is 5.97 Å². The van der Waals surface area contributed by atoms with Gasteiger partial charge in [-0.15, -0.1) is 0 Å². The van der Waals surface area contributed by atoms with Gasteiger partial charge in [-0.3, -0.25) is 9.59 Å². The van der Waals surface area contributed by atoms with Crippen molar-refractivity contribution in [1.82, 2.24) is 9.80 Å². The summed E-state index contributed by atoms with van der Waals surface area (Å²) in [5.41, 5.74) is 0.585. The molecule has 1 aliphatic rings. The van der Waals surface area contributed by atoms with Gasteiger partial charge in [-0.05, 0) is 12.1 Å². The van der Waals surface area contributed by atoms with Crippen LogP contribution in [0.3, 0.4) is 0 Å². The molecule has 0 unspecified atom stereocenters. The van der Waals surface area contributed by atoms with Crippen LogP contribution in [0.25, 0.3) is 0 Å². The maximum Gasteiger partial charge on any atom is 0.269 e. The highest BCUT2D eigenvalue weighted by molar-refractivity contribution is 6.30. The van der Waals surface area contributed by atoms with Crippen LogP contribution < -0.4 is 5.11 Å². The molecule has 0 radical (unpaired) electrons. The highest BCUT2D eigenvalue weighted by Gasteiger charge is 2.24. The number of carboxylic acids is 1. The number of benzene rings is 1. The van der Waals surface area contributed by atoms with Gasteiger partial charge < -0.3 is 19.7 Å². The standard InChI is InChI=1S/C13H14N2O4/c16-11(10-4-2-1-3-5-10)14-6-8-15(9-7-14)12(17)13(18)19/h1-5H,6-9H2,(H,18,19)/p-1. The Kier molecular flexibility index (Phi) is 3.79. The first-order valence-corrected chi connectivity index (χ1v) is 5.94. The van der Waals surface area contributed by atoms with Crippen molar-refractivity contribution >= 4 is 17.8 Å². The van der Waals surface area contributed by atoms with Crippen LogP contribution in [0, 0.1) is 0 Å². The number of aliphatic carboxylic acids is 1. The third kappa shape index (κ3) is 2.90. The number of carbonyl (C=O) groups excluding carboxylic acids is 3. The highest BCUT2D eigenvalue weighted by Crippen LogP contribution is 2.08. The van der Waals surface area contributed by atoms with Crippen molar-refractivity contribution in [3.8, 4) is 0 Å². The van der Waals surface area contributed by atoms with Crippen molar-refractivity contribution in [3.63, 3.8) is 0 Å².